The van der Waals surface area contributed by atoms with Crippen LogP contribution >= 0.6 is 0 Å². The minimum absolute atomic E-state index is 0.0660. The molecule has 0 bridgehead atoms. The van der Waals surface area contributed by atoms with Gasteiger partial charge in [0.2, 0.25) is 29.7 Å². The van der Waals surface area contributed by atoms with E-state index in [0.717, 1.165) is 33.6 Å². The highest BCUT2D eigenvalue weighted by molar-refractivity contribution is 5.94. The summed E-state index contributed by atoms with van der Waals surface area (Å²) < 4.78 is 0. The van der Waals surface area contributed by atoms with E-state index in [4.69, 9.17) is 0 Å². The highest BCUT2D eigenvalue weighted by Gasteiger charge is 2.11. The average Bonchev–Trinajstić information content (AvgIpc) is 2.82. The van der Waals surface area contributed by atoms with Crippen molar-refractivity contribution in [3.63, 3.8) is 0 Å². The maximum atomic E-state index is 12.6. The molecular weight excluding hydrogens is 492 g/mol. The van der Waals surface area contributed by atoms with E-state index >= 15 is 0 Å². The number of hydrogen-bond acceptors (Lipinski definition) is 8. The van der Waals surface area contributed by atoms with Crippen LogP contribution in [0.1, 0.15) is 29.2 Å². The number of nitrogens with one attached hydrogen (secondary N) is 5. The Morgan fingerprint density at radius 3 is 1.44 bits per heavy atom. The largest absolute Gasteiger partial charge is 0.345 e. The van der Waals surface area contributed by atoms with Gasteiger partial charge in [-0.2, -0.15) is 15.0 Å². The number of rotatable bonds is 9. The molecule has 0 fully saturated rings. The summed E-state index contributed by atoms with van der Waals surface area (Å²) in [4.78, 5) is 37.3. The first-order valence-corrected chi connectivity index (χ1v) is 12.5. The quantitative estimate of drug-likeness (QED) is 0.191. The Labute approximate surface area is 227 Å². The Balaban J connectivity index is 1.51. The van der Waals surface area contributed by atoms with Crippen LogP contribution in [-0.4, -0.2) is 33.3 Å². The van der Waals surface area contributed by atoms with E-state index in [9.17, 15) is 9.59 Å². The number of benzene rings is 3. The average molecular weight is 525 g/mol. The molecule has 10 nitrogen and oxygen atoms in total. The molecule has 200 valence electrons. The van der Waals surface area contributed by atoms with Crippen LogP contribution in [0.5, 0.6) is 0 Å². The number of aryl methyl sites for hydroxylation is 4. The van der Waals surface area contributed by atoms with E-state index in [0.29, 0.717) is 23.3 Å². The molecule has 0 radical (unpaired) electrons. The summed E-state index contributed by atoms with van der Waals surface area (Å²) in [6.07, 6.45) is 0. The number of carbonyl (C=O) groups is 2. The molecule has 5 N–H and O–H groups in total. The van der Waals surface area contributed by atoms with Gasteiger partial charge in [0, 0.05) is 29.7 Å². The van der Waals surface area contributed by atoms with Gasteiger partial charge >= 0.3 is 0 Å². The summed E-state index contributed by atoms with van der Waals surface area (Å²) >= 11 is 0. The Hall–Kier alpha value is -4.99. The molecule has 0 atom stereocenters. The summed E-state index contributed by atoms with van der Waals surface area (Å²) in [5.74, 6) is 0.457. The summed E-state index contributed by atoms with van der Waals surface area (Å²) in [5.41, 5.74) is 7.39. The van der Waals surface area contributed by atoms with Crippen LogP contribution in [0, 0.1) is 27.7 Å². The van der Waals surface area contributed by atoms with Gasteiger partial charge in [-0.3, -0.25) is 9.59 Å². The van der Waals surface area contributed by atoms with Gasteiger partial charge in [-0.25, -0.2) is 0 Å². The second-order valence-corrected chi connectivity index (χ2v) is 9.47. The Kier molecular flexibility index (Phi) is 8.35. The monoisotopic (exact) mass is 524 g/mol. The zero-order chi connectivity index (χ0) is 27.9. The fourth-order valence-electron chi connectivity index (χ4n) is 4.12. The van der Waals surface area contributed by atoms with Crippen LogP contribution in [0.4, 0.5) is 40.6 Å². The fourth-order valence-corrected chi connectivity index (χ4v) is 4.12. The molecule has 0 aliphatic rings. The fraction of sp³-hybridized carbons (Fsp3) is 0.207. The maximum Gasteiger partial charge on any atom is 0.243 e. The van der Waals surface area contributed by atoms with Crippen LogP contribution in [-0.2, 0) is 9.59 Å². The number of nitrogens with zero attached hydrogens (tertiary/aromatic N) is 3. The predicted molar refractivity (Wildman–Crippen MR) is 156 cm³/mol. The molecule has 0 saturated carbocycles. The lowest BCUT2D eigenvalue weighted by Crippen LogP contribution is -2.23. The number of carbonyl (C=O) groups excluding carboxylic acids is 2. The summed E-state index contributed by atoms with van der Waals surface area (Å²) in [7, 11) is 0. The third-order valence-corrected chi connectivity index (χ3v) is 5.49. The molecule has 2 amide bonds. The first kappa shape index (κ1) is 27.1. The summed E-state index contributed by atoms with van der Waals surface area (Å²) in [6.45, 7) is 9.47. The van der Waals surface area contributed by atoms with Gasteiger partial charge in [0.25, 0.3) is 0 Å². The van der Waals surface area contributed by atoms with Crippen molar-refractivity contribution in [2.45, 2.75) is 34.6 Å². The van der Waals surface area contributed by atoms with Crippen molar-refractivity contribution in [3.05, 3.63) is 82.9 Å². The van der Waals surface area contributed by atoms with Crippen molar-refractivity contribution in [2.75, 3.05) is 33.1 Å². The lowest BCUT2D eigenvalue weighted by atomic mass is 10.1. The molecule has 0 aliphatic carbocycles. The van der Waals surface area contributed by atoms with Gasteiger partial charge in [-0.15, -0.1) is 0 Å². The van der Waals surface area contributed by atoms with Gasteiger partial charge in [-0.1, -0.05) is 12.1 Å². The molecule has 39 heavy (non-hydrogen) atoms. The van der Waals surface area contributed by atoms with Crippen LogP contribution < -0.4 is 26.6 Å². The lowest BCUT2D eigenvalue weighted by Gasteiger charge is -2.13. The third-order valence-electron chi connectivity index (χ3n) is 5.49. The van der Waals surface area contributed by atoms with Crippen LogP contribution in [0.2, 0.25) is 0 Å². The topological polar surface area (TPSA) is 133 Å². The number of aromatic nitrogens is 3. The third kappa shape index (κ3) is 8.26. The van der Waals surface area contributed by atoms with Crippen molar-refractivity contribution in [1.82, 2.24) is 15.0 Å². The number of amides is 2. The van der Waals surface area contributed by atoms with Crippen molar-refractivity contribution in [3.8, 4) is 0 Å². The lowest BCUT2D eigenvalue weighted by molar-refractivity contribution is -0.115. The van der Waals surface area contributed by atoms with Crippen LogP contribution in [0.3, 0.4) is 0 Å². The minimum atomic E-state index is -0.282. The Bertz CT molecular complexity index is 1390. The molecule has 4 rings (SSSR count). The molecule has 0 spiro atoms. The second kappa shape index (κ2) is 12.0. The zero-order valence-corrected chi connectivity index (χ0v) is 22.6. The van der Waals surface area contributed by atoms with Crippen molar-refractivity contribution in [2.24, 2.45) is 0 Å². The van der Waals surface area contributed by atoms with Gasteiger partial charge in [0.05, 0.1) is 6.54 Å². The molecule has 0 unspecified atom stereocenters. The van der Waals surface area contributed by atoms with E-state index < -0.39 is 0 Å². The van der Waals surface area contributed by atoms with E-state index in [1.54, 1.807) is 24.3 Å². The number of hydrogen-bond donors (Lipinski definition) is 5. The van der Waals surface area contributed by atoms with E-state index in [-0.39, 0.29) is 24.3 Å². The van der Waals surface area contributed by atoms with Gasteiger partial charge in [-0.05, 0) is 98.5 Å². The van der Waals surface area contributed by atoms with Crippen LogP contribution in [0.15, 0.2) is 60.7 Å². The molecule has 0 aliphatic heterocycles. The Morgan fingerprint density at radius 2 is 1.00 bits per heavy atom. The SMILES string of the molecule is CC(=O)Nc1ccc(NC(=O)CNc2nc(Nc3cc(C)cc(C)c3)nc(Nc3cc(C)cc(C)c3)n2)cc1. The minimum Gasteiger partial charge on any atom is -0.345 e. The molecule has 3 aromatic carbocycles. The molecule has 4 aromatic rings. The summed E-state index contributed by atoms with van der Waals surface area (Å²) in [6, 6.07) is 19.1. The van der Waals surface area contributed by atoms with Gasteiger partial charge in [0.15, 0.2) is 0 Å². The highest BCUT2D eigenvalue weighted by Crippen LogP contribution is 2.22. The second-order valence-electron chi connectivity index (χ2n) is 9.47. The zero-order valence-electron chi connectivity index (χ0n) is 22.6. The first-order chi connectivity index (χ1) is 18.6. The maximum absolute atomic E-state index is 12.6. The number of anilines is 7. The molecule has 1 heterocycles. The molecule has 10 heteroatoms. The molecule has 1 aromatic heterocycles. The molecule has 0 saturated heterocycles. The van der Waals surface area contributed by atoms with E-state index in [1.807, 2.05) is 52.0 Å². The standard InChI is InChI=1S/C29H32N8O2/c1-17-10-18(2)13-24(12-17)33-28-35-27(36-29(37-28)34-25-14-19(3)11-20(4)15-25)30-16-26(39)32-23-8-6-22(7-9-23)31-21(5)38/h6-15H,16H2,1-5H3,(H,31,38)(H,32,39)(H3,30,33,34,35,36,37). The van der Waals surface area contributed by atoms with E-state index in [2.05, 4.69) is 53.7 Å². The highest BCUT2D eigenvalue weighted by atomic mass is 16.2. The van der Waals surface area contributed by atoms with Crippen molar-refractivity contribution < 1.29 is 9.59 Å². The van der Waals surface area contributed by atoms with Gasteiger partial charge in [0.1, 0.15) is 0 Å². The van der Waals surface area contributed by atoms with Crippen molar-refractivity contribution >= 4 is 52.4 Å². The predicted octanol–water partition coefficient (Wildman–Crippen LogP) is 5.60. The summed E-state index contributed by atoms with van der Waals surface area (Å²) in [5, 5.41) is 15.0. The first-order valence-electron chi connectivity index (χ1n) is 12.5. The normalized spacial score (nSPS) is 10.5. The Morgan fingerprint density at radius 1 is 0.590 bits per heavy atom. The van der Waals surface area contributed by atoms with Crippen LogP contribution in [0.25, 0.3) is 0 Å². The van der Waals surface area contributed by atoms with E-state index in [1.165, 1.54) is 6.92 Å². The van der Waals surface area contributed by atoms with Crippen molar-refractivity contribution in [1.29, 1.82) is 0 Å². The molecular formula is C29H32N8O2. The van der Waals surface area contributed by atoms with Gasteiger partial charge < -0.3 is 26.6 Å². The smallest absolute Gasteiger partial charge is 0.243 e.